The van der Waals surface area contributed by atoms with Crippen molar-refractivity contribution in [2.45, 2.75) is 0 Å². The average Bonchev–Trinajstić information content (AvgIpc) is 2.99. The van der Waals surface area contributed by atoms with Gasteiger partial charge in [-0.3, -0.25) is 0 Å². The van der Waals surface area contributed by atoms with E-state index in [2.05, 4.69) is 15.0 Å². The molecule has 108 valence electrons. The molecular weight excluding hydrogens is 282 g/mol. The number of nitrogens with zero attached hydrogens (tertiary/aromatic N) is 5. The molecule has 0 unspecified atom stereocenters. The Labute approximate surface area is 125 Å². The first-order valence-corrected chi connectivity index (χ1v) is 6.51. The fraction of sp³-hybridized carbons (Fsp3) is 0.0667. The normalized spacial score (nSPS) is 10.2. The Hall–Kier alpha value is -3.31. The van der Waals surface area contributed by atoms with Crippen molar-refractivity contribution in [1.29, 1.82) is 0 Å². The molecule has 22 heavy (non-hydrogen) atoms. The molecule has 0 aliphatic heterocycles. The zero-order chi connectivity index (χ0) is 15.4. The molecule has 0 saturated heterocycles. The smallest absolute Gasteiger partial charge is 0.338 e. The minimum atomic E-state index is -0.531. The van der Waals surface area contributed by atoms with Crippen LogP contribution in [-0.4, -0.2) is 22.3 Å². The van der Waals surface area contributed by atoms with Gasteiger partial charge in [0.15, 0.2) is 6.73 Å². The fourth-order valence-electron chi connectivity index (χ4n) is 2.23. The van der Waals surface area contributed by atoms with Gasteiger partial charge < -0.3 is 9.30 Å². The highest BCUT2D eigenvalue weighted by Gasteiger charge is 2.14. The van der Waals surface area contributed by atoms with Gasteiger partial charge >= 0.3 is 5.97 Å². The molecule has 1 aromatic carbocycles. The van der Waals surface area contributed by atoms with Gasteiger partial charge in [-0.05, 0) is 35.9 Å². The Bertz CT molecular complexity index is 866. The molecule has 0 aliphatic rings. The van der Waals surface area contributed by atoms with Crippen LogP contribution in [0.25, 0.3) is 27.2 Å². The second-order valence-corrected chi connectivity index (χ2v) is 4.40. The largest absolute Gasteiger partial charge is 0.456 e. The Kier molecular flexibility index (Phi) is 3.72. The minimum absolute atomic E-state index is 0.327. The summed E-state index contributed by atoms with van der Waals surface area (Å²) in [4.78, 5) is 18.9. The Balaban J connectivity index is 2.02. The summed E-state index contributed by atoms with van der Waals surface area (Å²) in [6, 6.07) is 12.8. The van der Waals surface area contributed by atoms with E-state index in [9.17, 15) is 4.79 Å². The van der Waals surface area contributed by atoms with E-state index in [1.807, 2.05) is 41.1 Å². The van der Waals surface area contributed by atoms with E-state index in [4.69, 9.17) is 10.3 Å². The van der Waals surface area contributed by atoms with E-state index in [1.54, 1.807) is 18.3 Å². The van der Waals surface area contributed by atoms with Crippen molar-refractivity contribution in [1.82, 2.24) is 9.55 Å². The summed E-state index contributed by atoms with van der Waals surface area (Å²) in [7, 11) is 0. The first kappa shape index (κ1) is 13.7. The molecule has 3 aromatic rings. The monoisotopic (exact) mass is 293 g/mol. The van der Waals surface area contributed by atoms with Gasteiger partial charge in [0.1, 0.15) is 5.82 Å². The summed E-state index contributed by atoms with van der Waals surface area (Å²) >= 11 is 0. The van der Waals surface area contributed by atoms with Gasteiger partial charge in [0.25, 0.3) is 0 Å². The molecule has 0 amide bonds. The Morgan fingerprint density at radius 3 is 2.95 bits per heavy atom. The molecule has 0 saturated carbocycles. The molecule has 0 atom stereocenters. The lowest BCUT2D eigenvalue weighted by atomic mass is 10.1. The predicted octanol–water partition coefficient (Wildman–Crippen LogP) is 3.45. The number of aromatic nitrogens is 2. The molecule has 3 rings (SSSR count). The molecule has 0 N–H and O–H groups in total. The summed E-state index contributed by atoms with van der Waals surface area (Å²) in [5.41, 5.74) is 9.47. The SMILES string of the molecule is [N-]=[N+]=NCOC(=O)c1cccc2c1ccn2-c1ccccn1. The first-order valence-electron chi connectivity index (χ1n) is 6.51. The van der Waals surface area contributed by atoms with E-state index in [-0.39, 0.29) is 6.73 Å². The summed E-state index contributed by atoms with van der Waals surface area (Å²) in [5, 5.41) is 3.94. The van der Waals surface area contributed by atoms with Crippen molar-refractivity contribution in [3.8, 4) is 5.82 Å². The molecule has 0 fully saturated rings. The van der Waals surface area contributed by atoms with Gasteiger partial charge in [0, 0.05) is 22.7 Å². The maximum atomic E-state index is 12.0. The molecule has 7 heteroatoms. The number of hydrogen-bond acceptors (Lipinski definition) is 4. The zero-order valence-electron chi connectivity index (χ0n) is 11.5. The van der Waals surface area contributed by atoms with Gasteiger partial charge in [-0.25, -0.2) is 9.78 Å². The lowest BCUT2D eigenvalue weighted by Gasteiger charge is -2.06. The van der Waals surface area contributed by atoms with E-state index in [0.717, 1.165) is 16.7 Å². The van der Waals surface area contributed by atoms with E-state index in [0.29, 0.717) is 5.56 Å². The fourth-order valence-corrected chi connectivity index (χ4v) is 2.23. The number of pyridine rings is 1. The number of carbonyl (C=O) groups is 1. The van der Waals surface area contributed by atoms with Crippen LogP contribution < -0.4 is 0 Å². The molecule has 2 heterocycles. The third kappa shape index (κ3) is 2.48. The summed E-state index contributed by atoms with van der Waals surface area (Å²) < 4.78 is 6.80. The standard InChI is InChI=1S/C15H11N5O2/c16-19-18-10-22-15(21)12-4-3-5-13-11(12)7-9-20(13)14-6-1-2-8-17-14/h1-9H,10H2. The molecule has 0 aliphatic carbocycles. The number of fused-ring (bicyclic) bond motifs is 1. The van der Waals surface area contributed by atoms with Gasteiger partial charge in [-0.1, -0.05) is 17.2 Å². The van der Waals surface area contributed by atoms with Crippen LogP contribution in [0.15, 0.2) is 60.0 Å². The predicted molar refractivity (Wildman–Crippen MR) is 80.5 cm³/mol. The van der Waals surface area contributed by atoms with Crippen LogP contribution in [0, 0.1) is 0 Å². The molecular formula is C15H11N5O2. The lowest BCUT2D eigenvalue weighted by Crippen LogP contribution is -2.05. The maximum absolute atomic E-state index is 12.0. The van der Waals surface area contributed by atoms with Crippen LogP contribution in [0.5, 0.6) is 0 Å². The quantitative estimate of drug-likeness (QED) is 0.319. The lowest BCUT2D eigenvalue weighted by molar-refractivity contribution is 0.0518. The van der Waals surface area contributed by atoms with Crippen LogP contribution in [0.4, 0.5) is 0 Å². The number of ether oxygens (including phenoxy) is 1. The van der Waals surface area contributed by atoms with Gasteiger partial charge in [-0.15, -0.1) is 0 Å². The van der Waals surface area contributed by atoms with Crippen molar-refractivity contribution >= 4 is 16.9 Å². The van der Waals surface area contributed by atoms with Crippen molar-refractivity contribution in [2.24, 2.45) is 5.11 Å². The second-order valence-electron chi connectivity index (χ2n) is 4.40. The number of esters is 1. The number of carbonyl (C=O) groups excluding carboxylic acids is 1. The van der Waals surface area contributed by atoms with E-state index in [1.165, 1.54) is 0 Å². The highest BCUT2D eigenvalue weighted by molar-refractivity contribution is 6.04. The third-order valence-electron chi connectivity index (χ3n) is 3.17. The van der Waals surface area contributed by atoms with Crippen molar-refractivity contribution in [2.75, 3.05) is 6.73 Å². The van der Waals surface area contributed by atoms with Crippen molar-refractivity contribution < 1.29 is 9.53 Å². The highest BCUT2D eigenvalue weighted by Crippen LogP contribution is 2.23. The number of benzene rings is 1. The summed E-state index contributed by atoms with van der Waals surface area (Å²) in [6.07, 6.45) is 3.55. The maximum Gasteiger partial charge on any atom is 0.338 e. The van der Waals surface area contributed by atoms with Crippen LogP contribution in [0.3, 0.4) is 0 Å². The Morgan fingerprint density at radius 1 is 1.27 bits per heavy atom. The van der Waals surface area contributed by atoms with Crippen molar-refractivity contribution in [3.05, 3.63) is 70.9 Å². The van der Waals surface area contributed by atoms with Crippen LogP contribution in [0.1, 0.15) is 10.4 Å². The first-order chi connectivity index (χ1) is 10.8. The van der Waals surface area contributed by atoms with Crippen LogP contribution >= 0.6 is 0 Å². The second kappa shape index (κ2) is 5.99. The minimum Gasteiger partial charge on any atom is -0.456 e. The van der Waals surface area contributed by atoms with Gasteiger partial charge in [0.2, 0.25) is 0 Å². The van der Waals surface area contributed by atoms with E-state index < -0.39 is 5.97 Å². The summed E-state index contributed by atoms with van der Waals surface area (Å²) in [6.45, 7) is -0.327. The molecule has 0 bridgehead atoms. The average molecular weight is 293 g/mol. The molecule has 7 nitrogen and oxygen atoms in total. The van der Waals surface area contributed by atoms with Gasteiger partial charge in [-0.2, -0.15) is 0 Å². The van der Waals surface area contributed by atoms with Crippen molar-refractivity contribution in [3.63, 3.8) is 0 Å². The van der Waals surface area contributed by atoms with Gasteiger partial charge in [0.05, 0.1) is 11.1 Å². The third-order valence-corrected chi connectivity index (χ3v) is 3.17. The topological polar surface area (TPSA) is 92.9 Å². The Morgan fingerprint density at radius 2 is 2.18 bits per heavy atom. The zero-order valence-corrected chi connectivity index (χ0v) is 11.5. The molecule has 2 aromatic heterocycles. The van der Waals surface area contributed by atoms with E-state index >= 15 is 0 Å². The molecule has 0 spiro atoms. The summed E-state index contributed by atoms with van der Waals surface area (Å²) in [5.74, 6) is 0.230. The van der Waals surface area contributed by atoms with Crippen LogP contribution in [-0.2, 0) is 4.74 Å². The molecule has 0 radical (unpaired) electrons. The number of hydrogen-bond donors (Lipinski definition) is 0. The number of azide groups is 1. The highest BCUT2D eigenvalue weighted by atomic mass is 16.5. The number of rotatable bonds is 4. The van der Waals surface area contributed by atoms with Crippen LogP contribution in [0.2, 0.25) is 0 Å².